The number of halogens is 2. The summed E-state index contributed by atoms with van der Waals surface area (Å²) in [5.41, 5.74) is 2.99. The molecule has 0 atom stereocenters. The molecular formula is C16H11BrFN3O2. The van der Waals surface area contributed by atoms with E-state index in [1.165, 1.54) is 18.3 Å². The number of ether oxygens (including phenoxy) is 1. The molecule has 0 bridgehead atoms. The van der Waals surface area contributed by atoms with E-state index in [0.29, 0.717) is 15.8 Å². The number of nitrogens with one attached hydrogen (secondary N) is 1. The Hall–Kier alpha value is -2.72. The van der Waals surface area contributed by atoms with Gasteiger partial charge in [0.2, 0.25) is 0 Å². The maximum Gasteiger partial charge on any atom is 0.277 e. The lowest BCUT2D eigenvalue weighted by Gasteiger charge is -2.04. The Kier molecular flexibility index (Phi) is 5.83. The number of nitrogens with zero attached hydrogens (tertiary/aromatic N) is 2. The smallest absolute Gasteiger partial charge is 0.277 e. The average molecular weight is 376 g/mol. The summed E-state index contributed by atoms with van der Waals surface area (Å²) >= 11 is 3.22. The number of rotatable bonds is 5. The van der Waals surface area contributed by atoms with Crippen molar-refractivity contribution in [2.24, 2.45) is 5.10 Å². The third kappa shape index (κ3) is 5.20. The number of carbonyl (C=O) groups is 1. The van der Waals surface area contributed by atoms with Crippen LogP contribution in [0.2, 0.25) is 0 Å². The predicted octanol–water partition coefficient (Wildman–Crippen LogP) is 2.99. The summed E-state index contributed by atoms with van der Waals surface area (Å²) in [4.78, 5) is 11.6. The Morgan fingerprint density at radius 3 is 2.78 bits per heavy atom. The third-order valence-electron chi connectivity index (χ3n) is 2.70. The predicted molar refractivity (Wildman–Crippen MR) is 86.5 cm³/mol. The molecule has 5 nitrogen and oxygen atoms in total. The largest absolute Gasteiger partial charge is 0.484 e. The standard InChI is InChI=1S/C16H11BrFN3O2/c17-13-3-6-15(18)12(7-13)9-20-21-16(22)10-23-14-4-1-11(8-19)2-5-14/h1-7,9H,10H2,(H,21,22)/b20-9-. The second-order valence-electron chi connectivity index (χ2n) is 4.38. The van der Waals surface area contributed by atoms with Gasteiger partial charge >= 0.3 is 0 Å². The first-order valence-electron chi connectivity index (χ1n) is 6.48. The maximum absolute atomic E-state index is 13.5. The van der Waals surface area contributed by atoms with Crippen LogP contribution in [0.15, 0.2) is 52.0 Å². The number of nitriles is 1. The van der Waals surface area contributed by atoms with E-state index in [1.807, 2.05) is 6.07 Å². The van der Waals surface area contributed by atoms with Gasteiger partial charge in [-0.2, -0.15) is 10.4 Å². The first kappa shape index (κ1) is 16.6. The van der Waals surface area contributed by atoms with Gasteiger partial charge in [-0.15, -0.1) is 0 Å². The lowest BCUT2D eigenvalue weighted by atomic mass is 10.2. The second kappa shape index (κ2) is 8.06. The molecule has 0 unspecified atom stereocenters. The molecule has 0 saturated carbocycles. The fraction of sp³-hybridized carbons (Fsp3) is 0.0625. The number of hydrogen-bond acceptors (Lipinski definition) is 4. The zero-order valence-electron chi connectivity index (χ0n) is 11.8. The molecule has 23 heavy (non-hydrogen) atoms. The number of hydrazone groups is 1. The van der Waals surface area contributed by atoms with Gasteiger partial charge in [-0.25, -0.2) is 9.82 Å². The summed E-state index contributed by atoms with van der Waals surface area (Å²) in [5.74, 6) is -0.470. The van der Waals surface area contributed by atoms with E-state index in [0.717, 1.165) is 0 Å². The van der Waals surface area contributed by atoms with Crippen LogP contribution in [0, 0.1) is 17.1 Å². The van der Waals surface area contributed by atoms with Crippen molar-refractivity contribution in [2.45, 2.75) is 0 Å². The monoisotopic (exact) mass is 375 g/mol. The van der Waals surface area contributed by atoms with Gasteiger partial charge in [-0.3, -0.25) is 4.79 Å². The van der Waals surface area contributed by atoms with E-state index in [1.54, 1.807) is 30.3 Å². The zero-order valence-corrected chi connectivity index (χ0v) is 13.4. The van der Waals surface area contributed by atoms with Crippen LogP contribution in [-0.2, 0) is 4.79 Å². The molecule has 0 aromatic heterocycles. The number of amides is 1. The van der Waals surface area contributed by atoms with E-state index in [-0.39, 0.29) is 12.2 Å². The molecule has 1 N–H and O–H groups in total. The molecule has 0 aliphatic carbocycles. The van der Waals surface area contributed by atoms with Gasteiger partial charge in [-0.1, -0.05) is 15.9 Å². The molecule has 0 saturated heterocycles. The van der Waals surface area contributed by atoms with E-state index in [4.69, 9.17) is 10.00 Å². The number of benzene rings is 2. The normalized spacial score (nSPS) is 10.3. The summed E-state index contributed by atoms with van der Waals surface area (Å²) in [6.07, 6.45) is 1.21. The Labute approximate surface area is 140 Å². The van der Waals surface area contributed by atoms with Gasteiger partial charge < -0.3 is 4.74 Å². The molecule has 0 fully saturated rings. The summed E-state index contributed by atoms with van der Waals surface area (Å²) < 4.78 is 19.4. The average Bonchev–Trinajstić information content (AvgIpc) is 2.56. The Bertz CT molecular complexity index is 770. The van der Waals surface area contributed by atoms with Crippen LogP contribution in [-0.4, -0.2) is 18.7 Å². The Morgan fingerprint density at radius 2 is 2.09 bits per heavy atom. The number of hydrogen-bond donors (Lipinski definition) is 1. The fourth-order valence-corrected chi connectivity index (χ4v) is 1.97. The lowest BCUT2D eigenvalue weighted by Crippen LogP contribution is -2.24. The maximum atomic E-state index is 13.5. The van der Waals surface area contributed by atoms with Crippen molar-refractivity contribution in [3.8, 4) is 11.8 Å². The summed E-state index contributed by atoms with van der Waals surface area (Å²) in [6, 6.07) is 12.7. The van der Waals surface area contributed by atoms with E-state index in [9.17, 15) is 9.18 Å². The van der Waals surface area contributed by atoms with Gasteiger partial charge in [0.1, 0.15) is 11.6 Å². The molecule has 2 rings (SSSR count). The van der Waals surface area contributed by atoms with E-state index in [2.05, 4.69) is 26.5 Å². The van der Waals surface area contributed by atoms with Gasteiger partial charge in [0, 0.05) is 10.0 Å². The van der Waals surface area contributed by atoms with Gasteiger partial charge in [0.15, 0.2) is 6.61 Å². The van der Waals surface area contributed by atoms with Crippen molar-refractivity contribution in [2.75, 3.05) is 6.61 Å². The van der Waals surface area contributed by atoms with Crippen LogP contribution in [0.3, 0.4) is 0 Å². The highest BCUT2D eigenvalue weighted by molar-refractivity contribution is 9.10. The molecular weight excluding hydrogens is 365 g/mol. The first-order chi connectivity index (χ1) is 11.1. The molecule has 0 radical (unpaired) electrons. The fourth-order valence-electron chi connectivity index (χ4n) is 1.59. The third-order valence-corrected chi connectivity index (χ3v) is 3.20. The Morgan fingerprint density at radius 1 is 1.35 bits per heavy atom. The van der Waals surface area contributed by atoms with Gasteiger partial charge in [-0.05, 0) is 42.5 Å². The van der Waals surface area contributed by atoms with E-state index < -0.39 is 11.7 Å². The van der Waals surface area contributed by atoms with Crippen LogP contribution in [0.1, 0.15) is 11.1 Å². The minimum Gasteiger partial charge on any atom is -0.484 e. The minimum absolute atomic E-state index is 0.243. The summed E-state index contributed by atoms with van der Waals surface area (Å²) in [6.45, 7) is -0.246. The molecule has 2 aromatic rings. The molecule has 0 aliphatic rings. The lowest BCUT2D eigenvalue weighted by molar-refractivity contribution is -0.123. The highest BCUT2D eigenvalue weighted by Crippen LogP contribution is 2.14. The van der Waals surface area contributed by atoms with E-state index >= 15 is 0 Å². The molecule has 116 valence electrons. The molecule has 0 heterocycles. The molecule has 0 aliphatic heterocycles. The molecule has 7 heteroatoms. The van der Waals surface area contributed by atoms with Crippen molar-refractivity contribution in [3.05, 3.63) is 63.9 Å². The van der Waals surface area contributed by atoms with Crippen LogP contribution >= 0.6 is 15.9 Å². The van der Waals surface area contributed by atoms with Crippen LogP contribution in [0.25, 0.3) is 0 Å². The van der Waals surface area contributed by atoms with Crippen molar-refractivity contribution >= 4 is 28.1 Å². The minimum atomic E-state index is -0.485. The van der Waals surface area contributed by atoms with Crippen molar-refractivity contribution in [1.29, 1.82) is 5.26 Å². The summed E-state index contributed by atoms with van der Waals surface area (Å²) in [5, 5.41) is 12.3. The highest BCUT2D eigenvalue weighted by Gasteiger charge is 2.03. The summed E-state index contributed by atoms with van der Waals surface area (Å²) in [7, 11) is 0. The van der Waals surface area contributed by atoms with Crippen LogP contribution in [0.4, 0.5) is 4.39 Å². The number of carbonyl (C=O) groups excluding carboxylic acids is 1. The molecule has 0 spiro atoms. The molecule has 1 amide bonds. The van der Waals surface area contributed by atoms with Crippen LogP contribution < -0.4 is 10.2 Å². The van der Waals surface area contributed by atoms with Crippen molar-refractivity contribution < 1.29 is 13.9 Å². The van der Waals surface area contributed by atoms with Crippen molar-refractivity contribution in [1.82, 2.24) is 5.43 Å². The second-order valence-corrected chi connectivity index (χ2v) is 5.30. The highest BCUT2D eigenvalue weighted by atomic mass is 79.9. The van der Waals surface area contributed by atoms with Gasteiger partial charge in [0.25, 0.3) is 5.91 Å². The van der Waals surface area contributed by atoms with Crippen LogP contribution in [0.5, 0.6) is 5.75 Å². The first-order valence-corrected chi connectivity index (χ1v) is 7.27. The molecule has 2 aromatic carbocycles. The topological polar surface area (TPSA) is 74.5 Å². The SMILES string of the molecule is N#Cc1ccc(OCC(=O)N/N=C\c2cc(Br)ccc2F)cc1. The zero-order chi connectivity index (χ0) is 16.7. The van der Waals surface area contributed by atoms with Crippen molar-refractivity contribution in [3.63, 3.8) is 0 Å². The Balaban J connectivity index is 1.84. The van der Waals surface area contributed by atoms with Gasteiger partial charge in [0.05, 0.1) is 17.8 Å². The quantitative estimate of drug-likeness (QED) is 0.644.